The van der Waals surface area contributed by atoms with E-state index >= 15 is 0 Å². The predicted molar refractivity (Wildman–Crippen MR) is 74.7 cm³/mol. The highest BCUT2D eigenvalue weighted by molar-refractivity contribution is 14.1. The second-order valence-electron chi connectivity index (χ2n) is 4.33. The normalized spacial score (nSPS) is 11.2. The fourth-order valence-electron chi connectivity index (χ4n) is 1.47. The smallest absolute Gasteiger partial charge is 0.140 e. The monoisotopic (exact) mass is 336 g/mol. The second kappa shape index (κ2) is 8.00. The van der Waals surface area contributed by atoms with Crippen molar-refractivity contribution < 1.29 is 0 Å². The Morgan fingerprint density at radius 1 is 1.44 bits per heavy atom. The first-order chi connectivity index (χ1) is 7.74. The molecule has 0 bridgehead atoms. The maximum absolute atomic E-state index is 4.27. The molecule has 0 aliphatic heterocycles. The number of halogens is 1. The Bertz CT molecular complexity index is 285. The summed E-state index contributed by atoms with van der Waals surface area (Å²) in [6.07, 6.45) is 4.16. The van der Waals surface area contributed by atoms with Crippen LogP contribution in [0.5, 0.6) is 0 Å². The number of alkyl halides is 1. The number of unbranched alkanes of at least 4 members (excludes halogenated alkanes) is 1. The molecule has 1 aromatic rings. The molecule has 1 rings (SSSR count). The van der Waals surface area contributed by atoms with Gasteiger partial charge in [-0.25, -0.2) is 9.67 Å². The Morgan fingerprint density at radius 3 is 2.94 bits per heavy atom. The summed E-state index contributed by atoms with van der Waals surface area (Å²) in [6, 6.07) is 0. The van der Waals surface area contributed by atoms with Crippen LogP contribution in [0.4, 0.5) is 0 Å². The molecule has 92 valence electrons. The van der Waals surface area contributed by atoms with Crippen LogP contribution in [0.1, 0.15) is 32.5 Å². The van der Waals surface area contributed by atoms with Gasteiger partial charge in [0.2, 0.25) is 0 Å². The molecular formula is C11H21IN4. The van der Waals surface area contributed by atoms with Crippen LogP contribution in [0.2, 0.25) is 0 Å². The molecule has 1 heterocycles. The molecule has 0 atom stereocenters. The van der Waals surface area contributed by atoms with Gasteiger partial charge in [0.15, 0.2) is 0 Å². The molecule has 0 aliphatic carbocycles. The van der Waals surface area contributed by atoms with E-state index in [-0.39, 0.29) is 0 Å². The molecule has 5 heteroatoms. The summed E-state index contributed by atoms with van der Waals surface area (Å²) in [4.78, 5) is 4.27. The highest BCUT2D eigenvalue weighted by Crippen LogP contribution is 2.01. The fourth-order valence-corrected chi connectivity index (χ4v) is 2.01. The standard InChI is InChI=1S/C11H21IN4/c1-10(2)8-16-11(14-9-15-16)7-13-6-4-3-5-12/h9-10,13H,3-8H2,1-2H3. The van der Waals surface area contributed by atoms with Crippen molar-refractivity contribution >= 4 is 22.6 Å². The van der Waals surface area contributed by atoms with Gasteiger partial charge >= 0.3 is 0 Å². The quantitative estimate of drug-likeness (QED) is 0.450. The number of nitrogens with zero attached hydrogens (tertiary/aromatic N) is 3. The summed E-state index contributed by atoms with van der Waals surface area (Å²) < 4.78 is 3.24. The number of aromatic nitrogens is 3. The minimum absolute atomic E-state index is 0.611. The van der Waals surface area contributed by atoms with Gasteiger partial charge in [0.25, 0.3) is 0 Å². The van der Waals surface area contributed by atoms with E-state index in [1.807, 2.05) is 4.68 Å². The molecule has 16 heavy (non-hydrogen) atoms. The van der Waals surface area contributed by atoms with E-state index in [1.54, 1.807) is 6.33 Å². The Morgan fingerprint density at radius 2 is 2.25 bits per heavy atom. The summed E-state index contributed by atoms with van der Waals surface area (Å²) in [7, 11) is 0. The van der Waals surface area contributed by atoms with Gasteiger partial charge in [-0.15, -0.1) is 0 Å². The highest BCUT2D eigenvalue weighted by atomic mass is 127. The van der Waals surface area contributed by atoms with Crippen molar-refractivity contribution in [1.29, 1.82) is 0 Å². The summed E-state index contributed by atoms with van der Waals surface area (Å²) in [6.45, 7) is 7.23. The maximum Gasteiger partial charge on any atom is 0.140 e. The van der Waals surface area contributed by atoms with Crippen LogP contribution in [0.15, 0.2) is 6.33 Å². The lowest BCUT2D eigenvalue weighted by atomic mass is 10.2. The minimum atomic E-state index is 0.611. The van der Waals surface area contributed by atoms with Crippen molar-refractivity contribution in [2.45, 2.75) is 39.8 Å². The lowest BCUT2D eigenvalue weighted by Gasteiger charge is -2.09. The summed E-state index contributed by atoms with van der Waals surface area (Å²) in [5.41, 5.74) is 0. The van der Waals surface area contributed by atoms with Crippen molar-refractivity contribution in [1.82, 2.24) is 20.1 Å². The molecule has 0 aromatic carbocycles. The van der Waals surface area contributed by atoms with Crippen molar-refractivity contribution in [2.75, 3.05) is 11.0 Å². The Hall–Kier alpha value is -0.170. The largest absolute Gasteiger partial charge is 0.310 e. The lowest BCUT2D eigenvalue weighted by Crippen LogP contribution is -2.20. The van der Waals surface area contributed by atoms with Crippen LogP contribution in [0.25, 0.3) is 0 Å². The van der Waals surface area contributed by atoms with E-state index in [4.69, 9.17) is 0 Å². The van der Waals surface area contributed by atoms with Crippen LogP contribution >= 0.6 is 22.6 Å². The molecule has 0 unspecified atom stereocenters. The van der Waals surface area contributed by atoms with Gasteiger partial charge in [-0.05, 0) is 29.7 Å². The van der Waals surface area contributed by atoms with Gasteiger partial charge in [-0.2, -0.15) is 5.10 Å². The lowest BCUT2D eigenvalue weighted by molar-refractivity contribution is 0.457. The van der Waals surface area contributed by atoms with Crippen LogP contribution in [0, 0.1) is 5.92 Å². The third-order valence-corrected chi connectivity index (χ3v) is 3.02. The van der Waals surface area contributed by atoms with E-state index in [0.717, 1.165) is 25.5 Å². The molecule has 0 radical (unpaired) electrons. The number of hydrogen-bond acceptors (Lipinski definition) is 3. The zero-order chi connectivity index (χ0) is 11.8. The molecule has 0 saturated carbocycles. The van der Waals surface area contributed by atoms with Crippen molar-refractivity contribution in [2.24, 2.45) is 5.92 Å². The number of rotatable bonds is 8. The average molecular weight is 336 g/mol. The van der Waals surface area contributed by atoms with Gasteiger partial charge in [-0.1, -0.05) is 36.4 Å². The average Bonchev–Trinajstić information content (AvgIpc) is 2.64. The Kier molecular flexibility index (Phi) is 6.95. The molecule has 0 aliphatic rings. The minimum Gasteiger partial charge on any atom is -0.310 e. The van der Waals surface area contributed by atoms with Crippen LogP contribution in [-0.2, 0) is 13.1 Å². The molecular weight excluding hydrogens is 315 g/mol. The van der Waals surface area contributed by atoms with Crippen LogP contribution in [-0.4, -0.2) is 25.7 Å². The topological polar surface area (TPSA) is 42.7 Å². The van der Waals surface area contributed by atoms with E-state index in [1.165, 1.54) is 17.3 Å². The second-order valence-corrected chi connectivity index (χ2v) is 5.40. The first-order valence-corrected chi connectivity index (χ1v) is 7.40. The van der Waals surface area contributed by atoms with Crippen LogP contribution < -0.4 is 5.32 Å². The molecule has 0 saturated heterocycles. The molecule has 1 aromatic heterocycles. The van der Waals surface area contributed by atoms with E-state index < -0.39 is 0 Å². The van der Waals surface area contributed by atoms with Crippen molar-refractivity contribution in [3.63, 3.8) is 0 Å². The van der Waals surface area contributed by atoms with Gasteiger partial charge in [0, 0.05) is 6.54 Å². The van der Waals surface area contributed by atoms with E-state index in [2.05, 4.69) is 51.8 Å². The van der Waals surface area contributed by atoms with Crippen LogP contribution in [0.3, 0.4) is 0 Å². The summed E-state index contributed by atoms with van der Waals surface area (Å²) in [5.74, 6) is 1.66. The summed E-state index contributed by atoms with van der Waals surface area (Å²) >= 11 is 2.41. The molecule has 0 amide bonds. The summed E-state index contributed by atoms with van der Waals surface area (Å²) in [5, 5.41) is 7.65. The van der Waals surface area contributed by atoms with Gasteiger partial charge in [-0.3, -0.25) is 0 Å². The Balaban J connectivity index is 2.27. The van der Waals surface area contributed by atoms with Crippen molar-refractivity contribution in [3.05, 3.63) is 12.2 Å². The zero-order valence-corrected chi connectivity index (χ0v) is 12.3. The van der Waals surface area contributed by atoms with E-state index in [9.17, 15) is 0 Å². The number of hydrogen-bond donors (Lipinski definition) is 1. The van der Waals surface area contributed by atoms with Gasteiger partial charge in [0.05, 0.1) is 6.54 Å². The predicted octanol–water partition coefficient (Wildman–Crippen LogP) is 2.24. The number of nitrogens with one attached hydrogen (secondary N) is 1. The third kappa shape index (κ3) is 5.25. The zero-order valence-electron chi connectivity index (χ0n) is 10.1. The fraction of sp³-hybridized carbons (Fsp3) is 0.818. The van der Waals surface area contributed by atoms with Gasteiger partial charge in [0.1, 0.15) is 12.2 Å². The molecule has 4 nitrogen and oxygen atoms in total. The molecule has 0 spiro atoms. The van der Waals surface area contributed by atoms with Crippen molar-refractivity contribution in [3.8, 4) is 0 Å². The molecule has 1 N–H and O–H groups in total. The third-order valence-electron chi connectivity index (χ3n) is 2.25. The van der Waals surface area contributed by atoms with E-state index in [0.29, 0.717) is 5.92 Å². The Labute approximate surface area is 111 Å². The first-order valence-electron chi connectivity index (χ1n) is 5.87. The SMILES string of the molecule is CC(C)Cn1ncnc1CNCCCCI. The molecule has 0 fully saturated rings. The maximum atomic E-state index is 4.27. The van der Waals surface area contributed by atoms with Gasteiger partial charge < -0.3 is 5.32 Å². The highest BCUT2D eigenvalue weighted by Gasteiger charge is 2.04. The first kappa shape index (κ1) is 13.9.